The molecular weight excluding hydrogens is 284 g/mol. The van der Waals surface area contributed by atoms with E-state index in [0.717, 1.165) is 17.1 Å². The summed E-state index contributed by atoms with van der Waals surface area (Å²) in [6.45, 7) is 1.43. The second-order valence-electron chi connectivity index (χ2n) is 3.97. The minimum absolute atomic E-state index is 0. The first kappa shape index (κ1) is 15.7. The molecule has 0 fully saturated rings. The summed E-state index contributed by atoms with van der Waals surface area (Å²) in [6, 6.07) is 5.77. The van der Waals surface area contributed by atoms with Crippen LogP contribution in [0.25, 0.3) is 10.6 Å². The Morgan fingerprint density at radius 2 is 2.37 bits per heavy atom. The first-order valence-electron chi connectivity index (χ1n) is 5.71. The average molecular weight is 301 g/mol. The van der Waals surface area contributed by atoms with E-state index in [9.17, 15) is 4.79 Å². The van der Waals surface area contributed by atoms with Gasteiger partial charge in [-0.25, -0.2) is 0 Å². The standard InChI is InChI=1S/C12H16N4OS.ClH/c1-13-5-6-16(2)12(17)10-8-9(14-15-10)11-4-3-7-18-11;/h3-4,7-8,13H,5-6H2,1-2H3,(H,14,15);1H. The highest BCUT2D eigenvalue weighted by atomic mass is 35.5. The van der Waals surface area contributed by atoms with Gasteiger partial charge >= 0.3 is 0 Å². The molecule has 0 aromatic carbocycles. The third-order valence-electron chi connectivity index (χ3n) is 2.63. The monoisotopic (exact) mass is 300 g/mol. The molecule has 2 heterocycles. The van der Waals surface area contributed by atoms with Crippen LogP contribution in [0.1, 0.15) is 10.5 Å². The van der Waals surface area contributed by atoms with E-state index in [1.807, 2.05) is 24.6 Å². The van der Waals surface area contributed by atoms with Gasteiger partial charge in [-0.05, 0) is 24.6 Å². The Hall–Kier alpha value is -1.37. The number of nitrogens with zero attached hydrogens (tertiary/aromatic N) is 2. The van der Waals surface area contributed by atoms with Gasteiger partial charge in [0, 0.05) is 20.1 Å². The highest BCUT2D eigenvalue weighted by molar-refractivity contribution is 7.13. The van der Waals surface area contributed by atoms with Crippen LogP contribution in [0.4, 0.5) is 0 Å². The molecule has 0 bridgehead atoms. The van der Waals surface area contributed by atoms with Crippen LogP contribution in [0.15, 0.2) is 23.6 Å². The molecule has 0 radical (unpaired) electrons. The van der Waals surface area contributed by atoms with Crippen molar-refractivity contribution in [3.63, 3.8) is 0 Å². The van der Waals surface area contributed by atoms with Gasteiger partial charge in [-0.15, -0.1) is 23.7 Å². The van der Waals surface area contributed by atoms with Crippen molar-refractivity contribution in [3.8, 4) is 10.6 Å². The van der Waals surface area contributed by atoms with Crippen molar-refractivity contribution in [3.05, 3.63) is 29.3 Å². The predicted octanol–water partition coefficient (Wildman–Crippen LogP) is 1.85. The quantitative estimate of drug-likeness (QED) is 0.886. The minimum Gasteiger partial charge on any atom is -0.339 e. The van der Waals surface area contributed by atoms with Gasteiger partial charge in [0.1, 0.15) is 0 Å². The molecule has 5 nitrogen and oxygen atoms in total. The van der Waals surface area contributed by atoms with Crippen LogP contribution in [-0.4, -0.2) is 48.2 Å². The summed E-state index contributed by atoms with van der Waals surface area (Å²) >= 11 is 1.62. The molecule has 0 aliphatic rings. The molecule has 0 saturated carbocycles. The lowest BCUT2D eigenvalue weighted by molar-refractivity contribution is 0.0791. The molecule has 19 heavy (non-hydrogen) atoms. The van der Waals surface area contributed by atoms with E-state index >= 15 is 0 Å². The summed E-state index contributed by atoms with van der Waals surface area (Å²) in [5, 5.41) is 12.0. The summed E-state index contributed by atoms with van der Waals surface area (Å²) in [4.78, 5) is 14.8. The number of rotatable bonds is 5. The van der Waals surface area contributed by atoms with Crippen molar-refractivity contribution in [1.29, 1.82) is 0 Å². The number of aromatic amines is 1. The number of carbonyl (C=O) groups is 1. The molecule has 0 atom stereocenters. The zero-order chi connectivity index (χ0) is 13.0. The summed E-state index contributed by atoms with van der Waals surface area (Å²) < 4.78 is 0. The van der Waals surface area contributed by atoms with E-state index in [1.54, 1.807) is 29.4 Å². The molecule has 1 amide bonds. The zero-order valence-corrected chi connectivity index (χ0v) is 12.5. The minimum atomic E-state index is -0.0655. The lowest BCUT2D eigenvalue weighted by atomic mass is 10.3. The van der Waals surface area contributed by atoms with Crippen molar-refractivity contribution < 1.29 is 4.79 Å². The average Bonchev–Trinajstić information content (AvgIpc) is 3.04. The smallest absolute Gasteiger partial charge is 0.274 e. The van der Waals surface area contributed by atoms with E-state index in [1.165, 1.54) is 0 Å². The van der Waals surface area contributed by atoms with Crippen LogP contribution in [0, 0.1) is 0 Å². The Labute approximate surface area is 122 Å². The SMILES string of the molecule is CNCCN(C)C(=O)c1cc(-c2cccs2)[nH]n1.Cl. The number of H-pyrrole nitrogens is 1. The van der Waals surface area contributed by atoms with E-state index in [4.69, 9.17) is 0 Å². The molecule has 0 unspecified atom stereocenters. The van der Waals surface area contributed by atoms with Gasteiger partial charge in [-0.1, -0.05) is 6.07 Å². The van der Waals surface area contributed by atoms with Crippen LogP contribution >= 0.6 is 23.7 Å². The van der Waals surface area contributed by atoms with Crippen molar-refractivity contribution >= 4 is 29.7 Å². The fourth-order valence-electron chi connectivity index (χ4n) is 1.57. The zero-order valence-electron chi connectivity index (χ0n) is 10.8. The Morgan fingerprint density at radius 1 is 1.58 bits per heavy atom. The first-order chi connectivity index (χ1) is 8.72. The predicted molar refractivity (Wildman–Crippen MR) is 80.0 cm³/mol. The van der Waals surface area contributed by atoms with Crippen LogP contribution in [0.2, 0.25) is 0 Å². The van der Waals surface area contributed by atoms with Crippen LogP contribution < -0.4 is 5.32 Å². The normalized spacial score (nSPS) is 10.0. The van der Waals surface area contributed by atoms with Gasteiger partial charge in [-0.3, -0.25) is 9.89 Å². The molecule has 0 spiro atoms. The topological polar surface area (TPSA) is 61.0 Å². The van der Waals surface area contributed by atoms with Gasteiger partial charge in [0.25, 0.3) is 5.91 Å². The maximum atomic E-state index is 12.1. The maximum Gasteiger partial charge on any atom is 0.274 e. The van der Waals surface area contributed by atoms with Crippen LogP contribution in [0.3, 0.4) is 0 Å². The summed E-state index contributed by atoms with van der Waals surface area (Å²) in [5.74, 6) is -0.0655. The van der Waals surface area contributed by atoms with Gasteiger partial charge in [0.05, 0.1) is 10.6 Å². The molecule has 0 aliphatic carbocycles. The van der Waals surface area contributed by atoms with E-state index in [0.29, 0.717) is 12.2 Å². The number of hydrogen-bond donors (Lipinski definition) is 2. The molecule has 2 N–H and O–H groups in total. The molecule has 2 aromatic heterocycles. The first-order valence-corrected chi connectivity index (χ1v) is 6.59. The van der Waals surface area contributed by atoms with Gasteiger partial charge in [0.15, 0.2) is 5.69 Å². The molecule has 2 rings (SSSR count). The highest BCUT2D eigenvalue weighted by Gasteiger charge is 2.15. The maximum absolute atomic E-state index is 12.1. The number of nitrogens with one attached hydrogen (secondary N) is 2. The number of amides is 1. The Bertz CT molecular complexity index is 512. The van der Waals surface area contributed by atoms with Crippen molar-refractivity contribution in [1.82, 2.24) is 20.4 Å². The van der Waals surface area contributed by atoms with E-state index in [2.05, 4.69) is 15.5 Å². The molecule has 2 aromatic rings. The number of likely N-dealkylation sites (N-methyl/N-ethyl adjacent to an activating group) is 2. The highest BCUT2D eigenvalue weighted by Crippen LogP contribution is 2.23. The second kappa shape index (κ2) is 7.28. The molecule has 0 aliphatic heterocycles. The third-order valence-corrected chi connectivity index (χ3v) is 3.53. The Kier molecular flexibility index (Phi) is 6.01. The number of halogens is 1. The number of aromatic nitrogens is 2. The Balaban J connectivity index is 0.00000180. The van der Waals surface area contributed by atoms with Gasteiger partial charge < -0.3 is 10.2 Å². The third kappa shape index (κ3) is 3.79. The lowest BCUT2D eigenvalue weighted by Gasteiger charge is -2.14. The largest absolute Gasteiger partial charge is 0.339 e. The van der Waals surface area contributed by atoms with Crippen molar-refractivity contribution in [2.24, 2.45) is 0 Å². The number of thiophene rings is 1. The van der Waals surface area contributed by atoms with E-state index in [-0.39, 0.29) is 18.3 Å². The fraction of sp³-hybridized carbons (Fsp3) is 0.333. The van der Waals surface area contributed by atoms with Gasteiger partial charge in [0.2, 0.25) is 0 Å². The molecule has 0 saturated heterocycles. The molecular formula is C12H17ClN4OS. The summed E-state index contributed by atoms with van der Waals surface area (Å²) in [6.07, 6.45) is 0. The lowest BCUT2D eigenvalue weighted by Crippen LogP contribution is -2.32. The van der Waals surface area contributed by atoms with Gasteiger partial charge in [-0.2, -0.15) is 5.10 Å². The van der Waals surface area contributed by atoms with Crippen LogP contribution in [0.5, 0.6) is 0 Å². The molecule has 104 valence electrons. The number of carbonyl (C=O) groups excluding carboxylic acids is 1. The summed E-state index contributed by atoms with van der Waals surface area (Å²) in [5.41, 5.74) is 1.34. The van der Waals surface area contributed by atoms with E-state index < -0.39 is 0 Å². The van der Waals surface area contributed by atoms with Crippen molar-refractivity contribution in [2.75, 3.05) is 27.2 Å². The second-order valence-corrected chi connectivity index (χ2v) is 4.92. The van der Waals surface area contributed by atoms with Crippen molar-refractivity contribution in [2.45, 2.75) is 0 Å². The Morgan fingerprint density at radius 3 is 3.00 bits per heavy atom. The fourth-order valence-corrected chi connectivity index (χ4v) is 2.26. The van der Waals surface area contributed by atoms with Crippen LogP contribution in [-0.2, 0) is 0 Å². The number of hydrogen-bond acceptors (Lipinski definition) is 4. The molecule has 7 heteroatoms. The summed E-state index contributed by atoms with van der Waals surface area (Å²) in [7, 11) is 3.64.